The molecule has 5 rings (SSSR count). The molecule has 0 bridgehead atoms. The average Bonchev–Trinajstić information content (AvgIpc) is 3.56. The number of sulfonamides is 1. The standard InChI is InChI=1S/C35H34BrCl2N3O4S/c36-27-12-9-15-30(21-27)41(46(44,45)31-16-5-2-6-17-31)24-34(42)40(23-26-18-19-28(37)22-32(26)38)33(20-25-10-3-1-4-11-25)35(43)39-29-13-7-8-14-29/h1-6,9-12,15-19,21-22,29,33H,7-8,13-14,20,23-24H2,(H,39,43)/t33-/m0/s1. The van der Waals surface area contributed by atoms with E-state index in [4.69, 9.17) is 23.2 Å². The van der Waals surface area contributed by atoms with E-state index < -0.39 is 28.5 Å². The van der Waals surface area contributed by atoms with Gasteiger partial charge in [-0.05, 0) is 66.4 Å². The molecule has 1 atom stereocenters. The van der Waals surface area contributed by atoms with Crippen LogP contribution in [-0.4, -0.2) is 43.8 Å². The van der Waals surface area contributed by atoms with Crippen LogP contribution in [0.2, 0.25) is 10.0 Å². The van der Waals surface area contributed by atoms with Crippen molar-refractivity contribution < 1.29 is 18.0 Å². The van der Waals surface area contributed by atoms with Crippen molar-refractivity contribution >= 4 is 66.7 Å². The molecular formula is C35H34BrCl2N3O4S. The second kappa shape index (κ2) is 15.5. The van der Waals surface area contributed by atoms with Gasteiger partial charge in [-0.25, -0.2) is 8.42 Å². The number of nitrogens with zero attached hydrogens (tertiary/aromatic N) is 2. The van der Waals surface area contributed by atoms with Gasteiger partial charge in [0.15, 0.2) is 0 Å². The lowest BCUT2D eigenvalue weighted by atomic mass is 10.0. The molecule has 0 spiro atoms. The molecular weight excluding hydrogens is 709 g/mol. The van der Waals surface area contributed by atoms with Crippen LogP contribution in [0.4, 0.5) is 5.69 Å². The first-order chi connectivity index (χ1) is 22.1. The first-order valence-electron chi connectivity index (χ1n) is 15.0. The normalized spacial score (nSPS) is 14.1. The topological polar surface area (TPSA) is 86.8 Å². The molecule has 0 heterocycles. The minimum Gasteiger partial charge on any atom is -0.352 e. The summed E-state index contributed by atoms with van der Waals surface area (Å²) in [4.78, 5) is 30.2. The summed E-state index contributed by atoms with van der Waals surface area (Å²) < 4.78 is 29.9. The molecule has 7 nitrogen and oxygen atoms in total. The molecule has 0 radical (unpaired) electrons. The fourth-order valence-corrected chi connectivity index (χ4v) is 7.92. The number of carbonyl (C=O) groups excluding carboxylic acids is 2. The quantitative estimate of drug-likeness (QED) is 0.162. The summed E-state index contributed by atoms with van der Waals surface area (Å²) in [5.74, 6) is -0.859. The van der Waals surface area contributed by atoms with Crippen LogP contribution in [0.15, 0.2) is 112 Å². The number of nitrogens with one attached hydrogen (secondary N) is 1. The molecule has 4 aromatic rings. The SMILES string of the molecule is O=C(NC1CCCC1)[C@H](Cc1ccccc1)N(Cc1ccc(Cl)cc1Cl)C(=O)CN(c1cccc(Br)c1)S(=O)(=O)c1ccccc1. The van der Waals surface area contributed by atoms with E-state index in [0.29, 0.717) is 25.8 Å². The van der Waals surface area contributed by atoms with Gasteiger partial charge < -0.3 is 10.2 Å². The first kappa shape index (κ1) is 34.0. The number of benzene rings is 4. The van der Waals surface area contributed by atoms with Crippen LogP contribution in [0.3, 0.4) is 0 Å². The van der Waals surface area contributed by atoms with Crippen LogP contribution < -0.4 is 9.62 Å². The van der Waals surface area contributed by atoms with Gasteiger partial charge in [0, 0.05) is 33.5 Å². The smallest absolute Gasteiger partial charge is 0.264 e. The molecule has 4 aromatic carbocycles. The van der Waals surface area contributed by atoms with Crippen molar-refractivity contribution in [3.63, 3.8) is 0 Å². The number of anilines is 1. The summed E-state index contributed by atoms with van der Waals surface area (Å²) in [7, 11) is -4.19. The molecule has 1 fully saturated rings. The zero-order valence-electron chi connectivity index (χ0n) is 25.0. The zero-order chi connectivity index (χ0) is 32.7. The molecule has 1 aliphatic rings. The minimum absolute atomic E-state index is 0.0125. The molecule has 1 N–H and O–H groups in total. The van der Waals surface area contributed by atoms with Crippen LogP contribution in [0.25, 0.3) is 0 Å². The van der Waals surface area contributed by atoms with E-state index >= 15 is 0 Å². The van der Waals surface area contributed by atoms with E-state index in [2.05, 4.69) is 21.2 Å². The Labute approximate surface area is 288 Å². The Hall–Kier alpha value is -3.37. The second-order valence-electron chi connectivity index (χ2n) is 11.3. The summed E-state index contributed by atoms with van der Waals surface area (Å²) in [5.41, 5.74) is 1.73. The fourth-order valence-electron chi connectivity index (χ4n) is 5.63. The number of rotatable bonds is 12. The van der Waals surface area contributed by atoms with Crippen molar-refractivity contribution in [3.8, 4) is 0 Å². The minimum atomic E-state index is -4.19. The number of hydrogen-bond donors (Lipinski definition) is 1. The van der Waals surface area contributed by atoms with Crippen molar-refractivity contribution in [1.29, 1.82) is 0 Å². The highest BCUT2D eigenvalue weighted by Crippen LogP contribution is 2.29. The maximum Gasteiger partial charge on any atom is 0.264 e. The highest BCUT2D eigenvalue weighted by molar-refractivity contribution is 9.10. The molecule has 1 aliphatic carbocycles. The number of halogens is 3. The molecule has 0 unspecified atom stereocenters. The van der Waals surface area contributed by atoms with Gasteiger partial charge in [-0.15, -0.1) is 0 Å². The Morgan fingerprint density at radius 2 is 1.54 bits per heavy atom. The third-order valence-electron chi connectivity index (χ3n) is 8.03. The maximum atomic E-state index is 14.6. The Kier molecular flexibility index (Phi) is 11.4. The number of carbonyl (C=O) groups is 2. The molecule has 0 aliphatic heterocycles. The second-order valence-corrected chi connectivity index (χ2v) is 14.9. The van der Waals surface area contributed by atoms with E-state index in [1.165, 1.54) is 17.0 Å². The van der Waals surface area contributed by atoms with Crippen LogP contribution in [0.1, 0.15) is 36.8 Å². The van der Waals surface area contributed by atoms with Gasteiger partial charge in [0.1, 0.15) is 12.6 Å². The number of amides is 2. The summed E-state index contributed by atoms with van der Waals surface area (Å²) in [5, 5.41) is 3.93. The molecule has 240 valence electrons. The summed E-state index contributed by atoms with van der Waals surface area (Å²) in [6, 6.07) is 28.2. The third kappa shape index (κ3) is 8.50. The summed E-state index contributed by atoms with van der Waals surface area (Å²) in [6.07, 6.45) is 4.00. The van der Waals surface area contributed by atoms with Crippen molar-refractivity contribution in [1.82, 2.24) is 10.2 Å². The van der Waals surface area contributed by atoms with E-state index in [-0.39, 0.29) is 29.8 Å². The zero-order valence-corrected chi connectivity index (χ0v) is 28.9. The molecule has 0 saturated heterocycles. The molecule has 2 amide bonds. The average molecular weight is 744 g/mol. The summed E-state index contributed by atoms with van der Waals surface area (Å²) in [6.45, 7) is -0.594. The van der Waals surface area contributed by atoms with Gasteiger partial charge in [0.2, 0.25) is 11.8 Å². The van der Waals surface area contributed by atoms with E-state index in [0.717, 1.165) is 35.6 Å². The predicted octanol–water partition coefficient (Wildman–Crippen LogP) is 7.65. The van der Waals surface area contributed by atoms with Crippen molar-refractivity contribution in [2.24, 2.45) is 0 Å². The lowest BCUT2D eigenvalue weighted by Gasteiger charge is -2.34. The largest absolute Gasteiger partial charge is 0.352 e. The van der Waals surface area contributed by atoms with Gasteiger partial charge >= 0.3 is 0 Å². The van der Waals surface area contributed by atoms with E-state index in [9.17, 15) is 18.0 Å². The molecule has 46 heavy (non-hydrogen) atoms. The number of hydrogen-bond acceptors (Lipinski definition) is 4. The Morgan fingerprint density at radius 1 is 0.870 bits per heavy atom. The lowest BCUT2D eigenvalue weighted by Crippen LogP contribution is -2.54. The van der Waals surface area contributed by atoms with Crippen molar-refractivity contribution in [3.05, 3.63) is 129 Å². The predicted molar refractivity (Wildman–Crippen MR) is 186 cm³/mol. The Bertz CT molecular complexity index is 1770. The Morgan fingerprint density at radius 3 is 2.20 bits per heavy atom. The van der Waals surface area contributed by atoms with Crippen LogP contribution in [-0.2, 0) is 32.6 Å². The van der Waals surface area contributed by atoms with E-state index in [1.807, 2.05) is 30.3 Å². The molecule has 11 heteroatoms. The van der Waals surface area contributed by atoms with E-state index in [1.54, 1.807) is 60.7 Å². The van der Waals surface area contributed by atoms with Crippen molar-refractivity contribution in [2.75, 3.05) is 10.8 Å². The molecule has 0 aromatic heterocycles. The summed E-state index contributed by atoms with van der Waals surface area (Å²) >= 11 is 16.2. The van der Waals surface area contributed by atoms with Gasteiger partial charge in [-0.2, -0.15) is 0 Å². The third-order valence-corrected chi connectivity index (χ3v) is 10.9. The Balaban J connectivity index is 1.58. The van der Waals surface area contributed by atoms with Gasteiger partial charge in [0.05, 0.1) is 10.6 Å². The highest BCUT2D eigenvalue weighted by atomic mass is 79.9. The van der Waals surface area contributed by atoms with Crippen LogP contribution >= 0.6 is 39.1 Å². The van der Waals surface area contributed by atoms with Crippen LogP contribution in [0, 0.1) is 0 Å². The lowest BCUT2D eigenvalue weighted by molar-refractivity contribution is -0.140. The monoisotopic (exact) mass is 741 g/mol. The van der Waals surface area contributed by atoms with Gasteiger partial charge in [-0.3, -0.25) is 13.9 Å². The maximum absolute atomic E-state index is 14.6. The molecule has 1 saturated carbocycles. The highest BCUT2D eigenvalue weighted by Gasteiger charge is 2.36. The first-order valence-corrected chi connectivity index (χ1v) is 18.0. The van der Waals surface area contributed by atoms with Crippen molar-refractivity contribution in [2.45, 2.75) is 55.6 Å². The fraction of sp³-hybridized carbons (Fsp3) is 0.257. The van der Waals surface area contributed by atoms with Crippen LogP contribution in [0.5, 0.6) is 0 Å². The van der Waals surface area contributed by atoms with Gasteiger partial charge in [0.25, 0.3) is 10.0 Å². The van der Waals surface area contributed by atoms with Gasteiger partial charge in [-0.1, -0.05) is 113 Å².